The van der Waals surface area contributed by atoms with Gasteiger partial charge in [0.25, 0.3) is 0 Å². The third-order valence-corrected chi connectivity index (χ3v) is 14.8. The van der Waals surface area contributed by atoms with Gasteiger partial charge in [-0.15, -0.1) is 0 Å². The number of para-hydroxylation sites is 2. The van der Waals surface area contributed by atoms with E-state index in [1.165, 1.54) is 54.2 Å². The first-order valence-electron chi connectivity index (χ1n) is 17.9. The first-order valence-corrected chi connectivity index (χ1v) is 20.9. The van der Waals surface area contributed by atoms with Crippen LogP contribution in [-0.4, -0.2) is 8.07 Å². The van der Waals surface area contributed by atoms with Gasteiger partial charge < -0.3 is 13.7 Å². The second-order valence-corrected chi connectivity index (χ2v) is 18.8. The van der Waals surface area contributed by atoms with Crippen LogP contribution in [0.2, 0.25) is 13.1 Å². The fraction of sp³-hybridized carbons (Fsp3) is 0.0417. The number of furan rings is 2. The first kappa shape index (κ1) is 29.4. The predicted octanol–water partition coefficient (Wildman–Crippen LogP) is 12.6. The molecule has 246 valence electrons. The second kappa shape index (κ2) is 10.8. The minimum absolute atomic E-state index is 0.877. The van der Waals surface area contributed by atoms with Crippen molar-refractivity contribution in [3.05, 3.63) is 164 Å². The molecule has 0 radical (unpaired) electrons. The van der Waals surface area contributed by atoms with Crippen molar-refractivity contribution in [3.8, 4) is 22.3 Å². The van der Waals surface area contributed by atoms with Crippen LogP contribution in [0.3, 0.4) is 0 Å². The van der Waals surface area contributed by atoms with Crippen LogP contribution in [0.5, 0.6) is 0 Å². The molecular formula is C48H33NO2Si. The molecule has 3 heterocycles. The highest BCUT2D eigenvalue weighted by Crippen LogP contribution is 2.46. The molecule has 0 saturated carbocycles. The van der Waals surface area contributed by atoms with E-state index in [9.17, 15) is 0 Å². The van der Waals surface area contributed by atoms with Crippen molar-refractivity contribution in [2.24, 2.45) is 0 Å². The summed E-state index contributed by atoms with van der Waals surface area (Å²) in [5.74, 6) is 0. The lowest BCUT2D eigenvalue weighted by Crippen LogP contribution is -2.49. The Labute approximate surface area is 302 Å². The van der Waals surface area contributed by atoms with Gasteiger partial charge >= 0.3 is 0 Å². The van der Waals surface area contributed by atoms with Crippen molar-refractivity contribution < 1.29 is 8.83 Å². The van der Waals surface area contributed by atoms with Crippen LogP contribution < -0.4 is 15.3 Å². The van der Waals surface area contributed by atoms with Gasteiger partial charge in [0.2, 0.25) is 0 Å². The van der Waals surface area contributed by atoms with Gasteiger partial charge in [-0.3, -0.25) is 0 Å². The summed E-state index contributed by atoms with van der Waals surface area (Å²) in [6.07, 6.45) is 0. The quantitative estimate of drug-likeness (QED) is 0.173. The minimum Gasteiger partial charge on any atom is -0.456 e. The van der Waals surface area contributed by atoms with E-state index in [4.69, 9.17) is 8.83 Å². The molecule has 52 heavy (non-hydrogen) atoms. The molecule has 2 aromatic heterocycles. The number of benzene rings is 8. The Balaban J connectivity index is 1.16. The second-order valence-electron chi connectivity index (χ2n) is 14.5. The van der Waals surface area contributed by atoms with Crippen LogP contribution in [0, 0.1) is 0 Å². The van der Waals surface area contributed by atoms with E-state index >= 15 is 0 Å². The molecule has 0 bridgehead atoms. The summed E-state index contributed by atoms with van der Waals surface area (Å²) in [5.41, 5.74) is 12.0. The summed E-state index contributed by atoms with van der Waals surface area (Å²) in [5, 5.41) is 10.0. The van der Waals surface area contributed by atoms with E-state index in [1.54, 1.807) is 0 Å². The van der Waals surface area contributed by atoms with Crippen LogP contribution in [0.15, 0.2) is 173 Å². The third-order valence-electron chi connectivity index (χ3n) is 11.3. The van der Waals surface area contributed by atoms with Crippen LogP contribution in [0.4, 0.5) is 17.1 Å². The van der Waals surface area contributed by atoms with Gasteiger partial charge in [-0.2, -0.15) is 0 Å². The number of hydrogen-bond donors (Lipinski definition) is 0. The molecule has 0 unspecified atom stereocenters. The molecule has 0 saturated heterocycles. The van der Waals surface area contributed by atoms with Gasteiger partial charge in [-0.25, -0.2) is 0 Å². The van der Waals surface area contributed by atoms with Gasteiger partial charge in [0, 0.05) is 27.5 Å². The number of nitrogens with zero attached hydrogens (tertiary/aromatic N) is 1. The molecule has 4 heteroatoms. The average Bonchev–Trinajstić information content (AvgIpc) is 3.83. The molecular weight excluding hydrogens is 651 g/mol. The van der Waals surface area contributed by atoms with Gasteiger partial charge in [0.05, 0.1) is 11.1 Å². The standard InChI is InChI=1S/C48H33NO2Si/c1-52(2)44-27-25-33(29-38(44)48-45(52)28-26-43-47(48)37-15-6-8-19-41(37)51-43)49(39-17-10-20-42-46(39)36-14-5-7-18-40(36)50-42)32-23-21-31(22-24-32)35-16-9-12-30-11-3-4-13-34(30)35/h3-29H,1-2H3. The predicted molar refractivity (Wildman–Crippen MR) is 221 cm³/mol. The highest BCUT2D eigenvalue weighted by atomic mass is 28.3. The van der Waals surface area contributed by atoms with Crippen molar-refractivity contribution >= 4 is 90.2 Å². The van der Waals surface area contributed by atoms with Crippen molar-refractivity contribution in [2.75, 3.05) is 4.90 Å². The lowest BCUT2D eigenvalue weighted by Gasteiger charge is -2.27. The van der Waals surface area contributed by atoms with Crippen molar-refractivity contribution in [1.29, 1.82) is 0 Å². The van der Waals surface area contributed by atoms with Gasteiger partial charge in [-0.1, -0.05) is 122 Å². The van der Waals surface area contributed by atoms with Crippen molar-refractivity contribution in [3.63, 3.8) is 0 Å². The maximum atomic E-state index is 6.43. The molecule has 1 aliphatic heterocycles. The van der Waals surface area contributed by atoms with E-state index in [-0.39, 0.29) is 0 Å². The fourth-order valence-electron chi connectivity index (χ4n) is 8.82. The Bertz CT molecular complexity index is 3050. The topological polar surface area (TPSA) is 29.5 Å². The molecule has 0 amide bonds. The Morgan fingerprint density at radius 3 is 1.83 bits per heavy atom. The Hall–Kier alpha value is -6.36. The minimum atomic E-state index is -1.99. The summed E-state index contributed by atoms with van der Waals surface area (Å²) in [6.45, 7) is 4.96. The summed E-state index contributed by atoms with van der Waals surface area (Å²) >= 11 is 0. The SMILES string of the molecule is C[Si]1(C)c2ccc(N(c3ccc(-c4cccc5ccccc45)cc3)c3cccc4oc5ccccc5c34)cc2-c2c1ccc1oc3ccccc3c21. The van der Waals surface area contributed by atoms with E-state index in [1.807, 2.05) is 6.07 Å². The van der Waals surface area contributed by atoms with Crippen molar-refractivity contribution in [1.82, 2.24) is 0 Å². The molecule has 8 aromatic carbocycles. The summed E-state index contributed by atoms with van der Waals surface area (Å²) in [4.78, 5) is 2.41. The lowest BCUT2D eigenvalue weighted by molar-refractivity contribution is 0.668. The van der Waals surface area contributed by atoms with Crippen LogP contribution >= 0.6 is 0 Å². The van der Waals surface area contributed by atoms with Crippen LogP contribution in [0.25, 0.3) is 76.9 Å². The maximum absolute atomic E-state index is 6.43. The molecule has 10 aromatic rings. The molecule has 0 N–H and O–H groups in total. The number of anilines is 3. The zero-order chi connectivity index (χ0) is 34.6. The third kappa shape index (κ3) is 4.13. The van der Waals surface area contributed by atoms with E-state index in [2.05, 4.69) is 176 Å². The molecule has 0 spiro atoms. The highest BCUT2D eigenvalue weighted by molar-refractivity contribution is 7.04. The molecule has 0 aliphatic carbocycles. The monoisotopic (exact) mass is 683 g/mol. The first-order chi connectivity index (χ1) is 25.5. The average molecular weight is 684 g/mol. The van der Waals surface area contributed by atoms with E-state index < -0.39 is 8.07 Å². The molecule has 0 fully saturated rings. The molecule has 11 rings (SSSR count). The fourth-order valence-corrected chi connectivity index (χ4v) is 11.9. The largest absolute Gasteiger partial charge is 0.456 e. The summed E-state index contributed by atoms with van der Waals surface area (Å²) in [6, 6.07) is 59.1. The Morgan fingerprint density at radius 2 is 1.04 bits per heavy atom. The van der Waals surface area contributed by atoms with Crippen molar-refractivity contribution in [2.45, 2.75) is 13.1 Å². The van der Waals surface area contributed by atoms with Gasteiger partial charge in [0.15, 0.2) is 0 Å². The van der Waals surface area contributed by atoms with E-state index in [0.29, 0.717) is 0 Å². The van der Waals surface area contributed by atoms with Gasteiger partial charge in [0.1, 0.15) is 30.4 Å². The van der Waals surface area contributed by atoms with Crippen LogP contribution in [-0.2, 0) is 0 Å². The van der Waals surface area contributed by atoms with E-state index in [0.717, 1.165) is 50.2 Å². The number of rotatable bonds is 4. The number of fused-ring (bicyclic) bond motifs is 11. The Kier molecular flexibility index (Phi) is 6.11. The highest BCUT2D eigenvalue weighted by Gasteiger charge is 2.39. The lowest BCUT2D eigenvalue weighted by atomic mass is 9.97. The van der Waals surface area contributed by atoms with Crippen LogP contribution in [0.1, 0.15) is 0 Å². The molecule has 1 aliphatic rings. The molecule has 3 nitrogen and oxygen atoms in total. The Morgan fingerprint density at radius 1 is 0.442 bits per heavy atom. The normalized spacial score (nSPS) is 13.3. The summed E-state index contributed by atoms with van der Waals surface area (Å²) in [7, 11) is -1.99. The smallest absolute Gasteiger partial charge is 0.137 e. The maximum Gasteiger partial charge on any atom is 0.137 e. The zero-order valence-corrected chi connectivity index (χ0v) is 29.9. The zero-order valence-electron chi connectivity index (χ0n) is 28.9. The van der Waals surface area contributed by atoms with Gasteiger partial charge in [-0.05, 0) is 98.0 Å². The summed E-state index contributed by atoms with van der Waals surface area (Å²) < 4.78 is 12.9. The number of hydrogen-bond acceptors (Lipinski definition) is 3. The molecule has 0 atom stereocenters.